The summed E-state index contributed by atoms with van der Waals surface area (Å²) in [7, 11) is 0. The van der Waals surface area contributed by atoms with E-state index in [1.54, 1.807) is 0 Å². The zero-order valence-electron chi connectivity index (χ0n) is 12.6. The molecule has 0 saturated carbocycles. The number of hydrogen-bond acceptors (Lipinski definition) is 2. The summed E-state index contributed by atoms with van der Waals surface area (Å²) in [5, 5.41) is 3.63. The van der Waals surface area contributed by atoms with Gasteiger partial charge in [-0.1, -0.05) is 30.3 Å². The van der Waals surface area contributed by atoms with Crippen LogP contribution in [0.2, 0.25) is 0 Å². The minimum atomic E-state index is 0.831. The topological polar surface area (TPSA) is 15.3 Å². The Morgan fingerprint density at radius 1 is 1.00 bits per heavy atom. The molecule has 0 spiro atoms. The first kappa shape index (κ1) is 14.1. The third kappa shape index (κ3) is 4.07. The number of likely N-dealkylation sites (tertiary alicyclic amines) is 1. The Bertz CT molecular complexity index is 376. The lowest BCUT2D eigenvalue weighted by Gasteiger charge is -2.32. The second-order valence-electron chi connectivity index (χ2n) is 6.58. The van der Waals surface area contributed by atoms with Crippen LogP contribution in [0.4, 0.5) is 0 Å². The van der Waals surface area contributed by atoms with E-state index in [0.29, 0.717) is 0 Å². The third-order valence-corrected chi connectivity index (χ3v) is 5.04. The first-order valence-corrected chi connectivity index (χ1v) is 8.40. The Hall–Kier alpha value is -0.860. The molecular weight excluding hydrogens is 244 g/mol. The summed E-state index contributed by atoms with van der Waals surface area (Å²) in [5.41, 5.74) is 1.46. The van der Waals surface area contributed by atoms with Crippen LogP contribution < -0.4 is 5.32 Å². The Balaban J connectivity index is 1.36. The molecule has 2 heterocycles. The minimum Gasteiger partial charge on any atom is -0.314 e. The molecule has 3 rings (SSSR count). The molecule has 20 heavy (non-hydrogen) atoms. The molecule has 2 saturated heterocycles. The van der Waals surface area contributed by atoms with Gasteiger partial charge in [0.05, 0.1) is 0 Å². The van der Waals surface area contributed by atoms with Crippen molar-refractivity contribution in [1.29, 1.82) is 0 Å². The van der Waals surface area contributed by atoms with Crippen LogP contribution in [0.1, 0.15) is 44.1 Å². The molecular formula is C18H28N2. The second-order valence-corrected chi connectivity index (χ2v) is 6.58. The van der Waals surface area contributed by atoms with E-state index < -0.39 is 0 Å². The number of nitrogens with one attached hydrogen (secondary N) is 1. The molecule has 0 aromatic heterocycles. The van der Waals surface area contributed by atoms with Crippen LogP contribution in [-0.4, -0.2) is 30.6 Å². The number of piperidine rings is 1. The van der Waals surface area contributed by atoms with Gasteiger partial charge in [0.15, 0.2) is 0 Å². The Morgan fingerprint density at radius 2 is 1.80 bits per heavy atom. The van der Waals surface area contributed by atoms with Gasteiger partial charge >= 0.3 is 0 Å². The lowest BCUT2D eigenvalue weighted by atomic mass is 9.90. The number of nitrogens with zero attached hydrogens (tertiary/aromatic N) is 1. The van der Waals surface area contributed by atoms with E-state index >= 15 is 0 Å². The molecule has 1 atom stereocenters. The summed E-state index contributed by atoms with van der Waals surface area (Å²) in [6.07, 6.45) is 8.45. The average Bonchev–Trinajstić information content (AvgIpc) is 3.01. The standard InChI is InChI=1S/C18H28N2/c1-2-5-17(6-3-1)15-20-13-10-16(11-14-20)8-9-18-7-4-12-19-18/h1-3,5-6,16,18-19H,4,7-15H2. The summed E-state index contributed by atoms with van der Waals surface area (Å²) in [6, 6.07) is 11.7. The predicted octanol–water partition coefficient (Wildman–Crippen LogP) is 3.43. The first-order valence-electron chi connectivity index (χ1n) is 8.40. The van der Waals surface area contributed by atoms with Crippen molar-refractivity contribution in [3.8, 4) is 0 Å². The fraction of sp³-hybridized carbons (Fsp3) is 0.667. The molecule has 1 aromatic carbocycles. The monoisotopic (exact) mass is 272 g/mol. The zero-order chi connectivity index (χ0) is 13.6. The lowest BCUT2D eigenvalue weighted by Crippen LogP contribution is -2.33. The zero-order valence-corrected chi connectivity index (χ0v) is 12.6. The van der Waals surface area contributed by atoms with E-state index in [-0.39, 0.29) is 0 Å². The van der Waals surface area contributed by atoms with Gasteiger partial charge in [-0.25, -0.2) is 0 Å². The van der Waals surface area contributed by atoms with Crippen LogP contribution in [-0.2, 0) is 6.54 Å². The van der Waals surface area contributed by atoms with Crippen molar-refractivity contribution >= 4 is 0 Å². The van der Waals surface area contributed by atoms with Crippen LogP contribution in [0.3, 0.4) is 0 Å². The van der Waals surface area contributed by atoms with Gasteiger partial charge in [-0.2, -0.15) is 0 Å². The van der Waals surface area contributed by atoms with Crippen molar-refractivity contribution in [2.45, 2.75) is 51.1 Å². The maximum absolute atomic E-state index is 3.63. The average molecular weight is 272 g/mol. The van der Waals surface area contributed by atoms with Crippen molar-refractivity contribution < 1.29 is 0 Å². The lowest BCUT2D eigenvalue weighted by molar-refractivity contribution is 0.169. The van der Waals surface area contributed by atoms with Gasteiger partial charge in [0.1, 0.15) is 0 Å². The molecule has 0 aliphatic carbocycles. The molecule has 2 nitrogen and oxygen atoms in total. The molecule has 2 aliphatic rings. The van der Waals surface area contributed by atoms with Crippen molar-refractivity contribution in [3.63, 3.8) is 0 Å². The SMILES string of the molecule is c1ccc(CN2CCC(CCC3CCCN3)CC2)cc1. The maximum Gasteiger partial charge on any atom is 0.0233 e. The van der Waals surface area contributed by atoms with Gasteiger partial charge in [-0.3, -0.25) is 4.90 Å². The van der Waals surface area contributed by atoms with Gasteiger partial charge < -0.3 is 5.32 Å². The summed E-state index contributed by atoms with van der Waals surface area (Å²) in [5.74, 6) is 0.976. The molecule has 2 heteroatoms. The fourth-order valence-corrected chi connectivity index (χ4v) is 3.71. The molecule has 1 aromatic rings. The summed E-state index contributed by atoms with van der Waals surface area (Å²) in [4.78, 5) is 2.62. The van der Waals surface area contributed by atoms with E-state index in [1.807, 2.05) is 0 Å². The van der Waals surface area contributed by atoms with Crippen LogP contribution in [0.25, 0.3) is 0 Å². The highest BCUT2D eigenvalue weighted by Gasteiger charge is 2.21. The van der Waals surface area contributed by atoms with Crippen LogP contribution in [0.5, 0.6) is 0 Å². The van der Waals surface area contributed by atoms with Crippen LogP contribution >= 0.6 is 0 Å². The third-order valence-electron chi connectivity index (χ3n) is 5.04. The normalized spacial score (nSPS) is 25.1. The van der Waals surface area contributed by atoms with Gasteiger partial charge in [-0.05, 0) is 69.6 Å². The van der Waals surface area contributed by atoms with Crippen LogP contribution in [0.15, 0.2) is 30.3 Å². The Morgan fingerprint density at radius 3 is 2.50 bits per heavy atom. The molecule has 0 amide bonds. The van der Waals surface area contributed by atoms with Crippen LogP contribution in [0, 0.1) is 5.92 Å². The number of hydrogen-bond donors (Lipinski definition) is 1. The molecule has 0 bridgehead atoms. The highest BCUT2D eigenvalue weighted by Crippen LogP contribution is 2.25. The Kier molecular flexibility index (Phi) is 5.10. The van der Waals surface area contributed by atoms with E-state index in [1.165, 1.54) is 63.7 Å². The van der Waals surface area contributed by atoms with E-state index in [0.717, 1.165) is 18.5 Å². The fourth-order valence-electron chi connectivity index (χ4n) is 3.71. The molecule has 1 N–H and O–H groups in total. The predicted molar refractivity (Wildman–Crippen MR) is 84.7 cm³/mol. The summed E-state index contributed by atoms with van der Waals surface area (Å²) >= 11 is 0. The highest BCUT2D eigenvalue weighted by atomic mass is 15.1. The molecule has 2 fully saturated rings. The first-order chi connectivity index (χ1) is 9.90. The summed E-state index contributed by atoms with van der Waals surface area (Å²) in [6.45, 7) is 4.97. The summed E-state index contributed by atoms with van der Waals surface area (Å²) < 4.78 is 0. The Labute approximate surface area is 123 Å². The van der Waals surface area contributed by atoms with Crippen molar-refractivity contribution in [2.75, 3.05) is 19.6 Å². The smallest absolute Gasteiger partial charge is 0.0233 e. The van der Waals surface area contributed by atoms with Gasteiger partial charge in [0, 0.05) is 12.6 Å². The highest BCUT2D eigenvalue weighted by molar-refractivity contribution is 5.14. The van der Waals surface area contributed by atoms with Crippen molar-refractivity contribution in [1.82, 2.24) is 10.2 Å². The van der Waals surface area contributed by atoms with E-state index in [4.69, 9.17) is 0 Å². The number of benzene rings is 1. The molecule has 110 valence electrons. The molecule has 0 radical (unpaired) electrons. The van der Waals surface area contributed by atoms with Gasteiger partial charge in [0.2, 0.25) is 0 Å². The van der Waals surface area contributed by atoms with Gasteiger partial charge in [-0.15, -0.1) is 0 Å². The quantitative estimate of drug-likeness (QED) is 0.883. The minimum absolute atomic E-state index is 0.831. The van der Waals surface area contributed by atoms with E-state index in [9.17, 15) is 0 Å². The number of rotatable bonds is 5. The second kappa shape index (κ2) is 7.24. The van der Waals surface area contributed by atoms with Crippen molar-refractivity contribution in [3.05, 3.63) is 35.9 Å². The molecule has 2 aliphatic heterocycles. The van der Waals surface area contributed by atoms with Gasteiger partial charge in [0.25, 0.3) is 0 Å². The largest absolute Gasteiger partial charge is 0.314 e. The van der Waals surface area contributed by atoms with Crippen molar-refractivity contribution in [2.24, 2.45) is 5.92 Å². The van der Waals surface area contributed by atoms with E-state index in [2.05, 4.69) is 40.5 Å². The molecule has 1 unspecified atom stereocenters. The maximum atomic E-state index is 3.63.